The highest BCUT2D eigenvalue weighted by Gasteiger charge is 2.24. The highest BCUT2D eigenvalue weighted by molar-refractivity contribution is 7.90. The number of aliphatic hydroxyl groups excluding tert-OH is 1. The number of carbonyl (C=O) groups is 1. The van der Waals surface area contributed by atoms with Crippen LogP contribution in [0.25, 0.3) is 0 Å². The Balaban J connectivity index is 2.36. The smallest absolute Gasteiger partial charge is 0.223 e. The van der Waals surface area contributed by atoms with Gasteiger partial charge in [-0.3, -0.25) is 4.79 Å². The van der Waals surface area contributed by atoms with Gasteiger partial charge in [-0.1, -0.05) is 0 Å². The van der Waals surface area contributed by atoms with E-state index in [0.29, 0.717) is 19.5 Å². The Labute approximate surface area is 83.6 Å². The molecule has 0 aromatic rings. The van der Waals surface area contributed by atoms with Gasteiger partial charge in [0.2, 0.25) is 5.91 Å². The van der Waals surface area contributed by atoms with E-state index in [0.717, 1.165) is 6.26 Å². The normalized spacial score (nSPS) is 22.7. The van der Waals surface area contributed by atoms with Crippen molar-refractivity contribution in [1.82, 2.24) is 4.90 Å². The third-order valence-corrected chi connectivity index (χ3v) is 3.15. The summed E-state index contributed by atoms with van der Waals surface area (Å²) in [6, 6.07) is 0. The second kappa shape index (κ2) is 4.27. The molecule has 14 heavy (non-hydrogen) atoms. The number of hydrogen-bond acceptors (Lipinski definition) is 4. The summed E-state index contributed by atoms with van der Waals surface area (Å²) >= 11 is 0. The molecule has 0 bridgehead atoms. The zero-order valence-corrected chi connectivity index (χ0v) is 8.96. The Kier molecular flexibility index (Phi) is 3.49. The van der Waals surface area contributed by atoms with Crippen molar-refractivity contribution < 1.29 is 18.3 Å². The number of amides is 1. The molecule has 1 saturated heterocycles. The van der Waals surface area contributed by atoms with Gasteiger partial charge in [0.15, 0.2) is 0 Å². The van der Waals surface area contributed by atoms with Gasteiger partial charge in [0, 0.05) is 25.8 Å². The molecule has 1 amide bonds. The van der Waals surface area contributed by atoms with Crippen molar-refractivity contribution in [1.29, 1.82) is 0 Å². The fraction of sp³-hybridized carbons (Fsp3) is 0.875. The minimum Gasteiger partial charge on any atom is -0.391 e. The number of likely N-dealkylation sites (tertiary alicyclic amines) is 1. The van der Waals surface area contributed by atoms with Crippen molar-refractivity contribution in [2.24, 2.45) is 0 Å². The lowest BCUT2D eigenvalue weighted by atomic mass is 10.3. The lowest BCUT2D eigenvalue weighted by Gasteiger charge is -2.14. The van der Waals surface area contributed by atoms with Crippen LogP contribution in [0.2, 0.25) is 0 Å². The van der Waals surface area contributed by atoms with Gasteiger partial charge in [-0.05, 0) is 6.42 Å². The fourth-order valence-electron chi connectivity index (χ4n) is 1.40. The minimum atomic E-state index is -3.07. The summed E-state index contributed by atoms with van der Waals surface area (Å²) in [5.41, 5.74) is 0. The monoisotopic (exact) mass is 221 g/mol. The maximum Gasteiger partial charge on any atom is 0.223 e. The average Bonchev–Trinajstić information content (AvgIpc) is 2.46. The van der Waals surface area contributed by atoms with Crippen LogP contribution in [-0.4, -0.2) is 55.5 Å². The molecule has 1 aliphatic rings. The Bertz CT molecular complexity index is 311. The van der Waals surface area contributed by atoms with Crippen LogP contribution in [0, 0.1) is 0 Å². The van der Waals surface area contributed by atoms with Crippen LogP contribution in [-0.2, 0) is 14.6 Å². The van der Waals surface area contributed by atoms with E-state index in [1.54, 1.807) is 0 Å². The van der Waals surface area contributed by atoms with Crippen molar-refractivity contribution >= 4 is 15.7 Å². The molecule has 1 aliphatic heterocycles. The lowest BCUT2D eigenvalue weighted by Crippen LogP contribution is -2.30. The number of carbonyl (C=O) groups excluding carboxylic acids is 1. The van der Waals surface area contributed by atoms with Crippen molar-refractivity contribution in [3.63, 3.8) is 0 Å². The van der Waals surface area contributed by atoms with E-state index in [1.807, 2.05) is 0 Å². The zero-order valence-electron chi connectivity index (χ0n) is 8.14. The third kappa shape index (κ3) is 3.63. The van der Waals surface area contributed by atoms with E-state index in [1.165, 1.54) is 4.90 Å². The molecule has 0 spiro atoms. The lowest BCUT2D eigenvalue weighted by molar-refractivity contribution is -0.130. The van der Waals surface area contributed by atoms with E-state index in [2.05, 4.69) is 0 Å². The second-order valence-electron chi connectivity index (χ2n) is 3.66. The number of nitrogens with zero attached hydrogens (tertiary/aromatic N) is 1. The first-order valence-corrected chi connectivity index (χ1v) is 6.58. The third-order valence-electron chi connectivity index (χ3n) is 2.20. The summed E-state index contributed by atoms with van der Waals surface area (Å²) in [7, 11) is -3.07. The summed E-state index contributed by atoms with van der Waals surface area (Å²) in [6.07, 6.45) is 1.27. The van der Waals surface area contributed by atoms with Crippen LogP contribution in [0.15, 0.2) is 0 Å². The molecule has 0 aromatic carbocycles. The largest absolute Gasteiger partial charge is 0.391 e. The number of sulfone groups is 1. The second-order valence-corrected chi connectivity index (χ2v) is 5.92. The predicted octanol–water partition coefficient (Wildman–Crippen LogP) is -0.986. The fourth-order valence-corrected chi connectivity index (χ4v) is 1.94. The topological polar surface area (TPSA) is 74.7 Å². The Morgan fingerprint density at radius 3 is 2.64 bits per heavy atom. The average molecular weight is 221 g/mol. The highest BCUT2D eigenvalue weighted by Crippen LogP contribution is 2.10. The molecule has 1 fully saturated rings. The van der Waals surface area contributed by atoms with Crippen LogP contribution in [0.4, 0.5) is 0 Å². The van der Waals surface area contributed by atoms with Gasteiger partial charge in [0.25, 0.3) is 0 Å². The van der Waals surface area contributed by atoms with E-state index in [-0.39, 0.29) is 18.1 Å². The van der Waals surface area contributed by atoms with Crippen LogP contribution in [0.5, 0.6) is 0 Å². The summed E-state index contributed by atoms with van der Waals surface area (Å²) in [6.45, 7) is 0.867. The molecular weight excluding hydrogens is 206 g/mol. The molecule has 0 unspecified atom stereocenters. The van der Waals surface area contributed by atoms with Crippen molar-refractivity contribution in [3.05, 3.63) is 0 Å². The van der Waals surface area contributed by atoms with Gasteiger partial charge >= 0.3 is 0 Å². The van der Waals surface area contributed by atoms with E-state index in [4.69, 9.17) is 5.11 Å². The van der Waals surface area contributed by atoms with Gasteiger partial charge in [-0.2, -0.15) is 0 Å². The minimum absolute atomic E-state index is 0.0194. The molecule has 0 aromatic heterocycles. The summed E-state index contributed by atoms with van der Waals surface area (Å²) in [5, 5.41) is 9.16. The quantitative estimate of drug-likeness (QED) is 0.664. The first-order valence-electron chi connectivity index (χ1n) is 4.52. The Hall–Kier alpha value is -0.620. The molecule has 1 N–H and O–H groups in total. The molecule has 0 aliphatic carbocycles. The van der Waals surface area contributed by atoms with Gasteiger partial charge in [0.05, 0.1) is 11.9 Å². The molecule has 0 radical (unpaired) electrons. The molecule has 0 saturated carbocycles. The molecule has 82 valence electrons. The first kappa shape index (κ1) is 11.5. The van der Waals surface area contributed by atoms with Crippen LogP contribution in [0.3, 0.4) is 0 Å². The van der Waals surface area contributed by atoms with E-state index in [9.17, 15) is 13.2 Å². The van der Waals surface area contributed by atoms with E-state index >= 15 is 0 Å². The Morgan fingerprint density at radius 2 is 2.21 bits per heavy atom. The standard InChI is InChI=1S/C8H15NO4S/c1-14(12,13)5-3-8(11)9-4-2-7(10)6-9/h7,10H,2-6H2,1H3/t7-/m0/s1. The number of β-amino-alcohol motifs (C(OH)–C–C–N with tert-alkyl or cyclic N) is 1. The summed E-state index contributed by atoms with van der Waals surface area (Å²) in [4.78, 5) is 12.9. The molecule has 1 rings (SSSR count). The zero-order chi connectivity index (χ0) is 10.8. The molecule has 6 heteroatoms. The first-order chi connectivity index (χ1) is 6.38. The SMILES string of the molecule is CS(=O)(=O)CCC(=O)N1CC[C@H](O)C1. The summed E-state index contributed by atoms with van der Waals surface area (Å²) in [5.74, 6) is -0.301. The predicted molar refractivity (Wildman–Crippen MR) is 51.5 cm³/mol. The maximum atomic E-state index is 11.4. The van der Waals surface area contributed by atoms with Gasteiger partial charge in [-0.25, -0.2) is 8.42 Å². The van der Waals surface area contributed by atoms with E-state index < -0.39 is 15.9 Å². The molecular formula is C8H15NO4S. The highest BCUT2D eigenvalue weighted by atomic mass is 32.2. The molecule has 5 nitrogen and oxygen atoms in total. The summed E-state index contributed by atoms with van der Waals surface area (Å²) < 4.78 is 21.6. The number of hydrogen-bond donors (Lipinski definition) is 1. The number of rotatable bonds is 3. The van der Waals surface area contributed by atoms with Crippen molar-refractivity contribution in [2.75, 3.05) is 25.1 Å². The molecule has 1 atom stereocenters. The van der Waals surface area contributed by atoms with Crippen molar-refractivity contribution in [2.45, 2.75) is 18.9 Å². The van der Waals surface area contributed by atoms with Crippen molar-refractivity contribution in [3.8, 4) is 0 Å². The Morgan fingerprint density at radius 1 is 1.57 bits per heavy atom. The maximum absolute atomic E-state index is 11.4. The van der Waals surface area contributed by atoms with Gasteiger partial charge in [-0.15, -0.1) is 0 Å². The van der Waals surface area contributed by atoms with Crippen LogP contribution >= 0.6 is 0 Å². The molecule has 1 heterocycles. The van der Waals surface area contributed by atoms with Crippen LogP contribution in [0.1, 0.15) is 12.8 Å². The number of aliphatic hydroxyl groups is 1. The van der Waals surface area contributed by atoms with Gasteiger partial charge < -0.3 is 10.0 Å². The van der Waals surface area contributed by atoms with Crippen LogP contribution < -0.4 is 0 Å². The van der Waals surface area contributed by atoms with Gasteiger partial charge in [0.1, 0.15) is 9.84 Å².